The predicted molar refractivity (Wildman–Crippen MR) is 61.4 cm³/mol. The number of hydrogen-bond donors (Lipinski definition) is 1. The lowest BCUT2D eigenvalue weighted by molar-refractivity contribution is -0.140. The van der Waals surface area contributed by atoms with E-state index >= 15 is 0 Å². The highest BCUT2D eigenvalue weighted by Gasteiger charge is 2.39. The molecule has 1 N–H and O–H groups in total. The molecule has 82 valence electrons. The van der Waals surface area contributed by atoms with Gasteiger partial charge in [-0.1, -0.05) is 37.3 Å². The van der Waals surface area contributed by atoms with Crippen LogP contribution >= 0.6 is 11.6 Å². The van der Waals surface area contributed by atoms with Crippen molar-refractivity contribution in [2.24, 2.45) is 0 Å². The van der Waals surface area contributed by atoms with E-state index in [1.807, 2.05) is 37.3 Å². The standard InChI is InChI=1S/C12H15ClO2/c1-3-10(12(2,13)11(14)15)9-7-5-4-6-8-9/h4-8,10H,3H2,1-2H3,(H,14,15). The van der Waals surface area contributed by atoms with E-state index in [0.29, 0.717) is 6.42 Å². The summed E-state index contributed by atoms with van der Waals surface area (Å²) in [7, 11) is 0. The largest absolute Gasteiger partial charge is 0.480 e. The van der Waals surface area contributed by atoms with Crippen LogP contribution in [0.25, 0.3) is 0 Å². The zero-order chi connectivity index (χ0) is 11.5. The normalized spacial score (nSPS) is 16.7. The summed E-state index contributed by atoms with van der Waals surface area (Å²) < 4.78 is 0. The first-order valence-corrected chi connectivity index (χ1v) is 5.35. The lowest BCUT2D eigenvalue weighted by Crippen LogP contribution is -2.35. The molecular formula is C12H15ClO2. The summed E-state index contributed by atoms with van der Waals surface area (Å²) in [5.41, 5.74) is 0.972. The van der Waals surface area contributed by atoms with Crippen molar-refractivity contribution in [3.8, 4) is 0 Å². The monoisotopic (exact) mass is 226 g/mol. The molecule has 0 aliphatic heterocycles. The number of rotatable bonds is 4. The number of halogens is 1. The number of carboxylic acids is 1. The van der Waals surface area contributed by atoms with E-state index < -0.39 is 10.8 Å². The molecule has 0 radical (unpaired) electrons. The molecule has 0 aromatic heterocycles. The fraction of sp³-hybridized carbons (Fsp3) is 0.417. The number of benzene rings is 1. The van der Waals surface area contributed by atoms with Gasteiger partial charge in [0.1, 0.15) is 4.87 Å². The zero-order valence-electron chi connectivity index (χ0n) is 8.90. The van der Waals surface area contributed by atoms with Gasteiger partial charge in [0.25, 0.3) is 0 Å². The summed E-state index contributed by atoms with van der Waals surface area (Å²) in [6.07, 6.45) is 0.705. The highest BCUT2D eigenvalue weighted by Crippen LogP contribution is 2.36. The maximum absolute atomic E-state index is 11.1. The van der Waals surface area contributed by atoms with Crippen LogP contribution in [-0.2, 0) is 4.79 Å². The van der Waals surface area contributed by atoms with Crippen LogP contribution in [0.2, 0.25) is 0 Å². The molecule has 2 atom stereocenters. The Balaban J connectivity index is 3.05. The van der Waals surface area contributed by atoms with E-state index in [-0.39, 0.29) is 5.92 Å². The molecule has 15 heavy (non-hydrogen) atoms. The average molecular weight is 227 g/mol. The molecule has 1 aromatic rings. The number of carboxylic acid groups (broad SMARTS) is 1. The second-order valence-electron chi connectivity index (χ2n) is 3.75. The Morgan fingerprint density at radius 2 is 2.00 bits per heavy atom. The van der Waals surface area contributed by atoms with Crippen LogP contribution in [0.5, 0.6) is 0 Å². The van der Waals surface area contributed by atoms with E-state index in [4.69, 9.17) is 16.7 Å². The van der Waals surface area contributed by atoms with Gasteiger partial charge in [0.15, 0.2) is 0 Å². The first-order chi connectivity index (χ1) is 7.00. The van der Waals surface area contributed by atoms with E-state index in [1.54, 1.807) is 6.92 Å². The molecule has 0 amide bonds. The molecule has 0 aliphatic rings. The smallest absolute Gasteiger partial charge is 0.325 e. The molecule has 0 bridgehead atoms. The lowest BCUT2D eigenvalue weighted by Gasteiger charge is -2.27. The molecule has 1 rings (SSSR count). The number of carbonyl (C=O) groups is 1. The van der Waals surface area contributed by atoms with E-state index in [2.05, 4.69) is 0 Å². The van der Waals surface area contributed by atoms with Gasteiger partial charge < -0.3 is 5.11 Å². The summed E-state index contributed by atoms with van der Waals surface area (Å²) in [5, 5.41) is 9.07. The average Bonchev–Trinajstić information content (AvgIpc) is 2.19. The Bertz CT molecular complexity index is 333. The van der Waals surface area contributed by atoms with Gasteiger partial charge in [0.2, 0.25) is 0 Å². The molecule has 0 heterocycles. The van der Waals surface area contributed by atoms with Gasteiger partial charge in [-0.2, -0.15) is 0 Å². The summed E-state index contributed by atoms with van der Waals surface area (Å²) >= 11 is 6.07. The fourth-order valence-electron chi connectivity index (χ4n) is 1.77. The Morgan fingerprint density at radius 1 is 1.47 bits per heavy atom. The second kappa shape index (κ2) is 4.67. The Kier molecular flexibility index (Phi) is 3.75. The van der Waals surface area contributed by atoms with Gasteiger partial charge >= 0.3 is 5.97 Å². The Hall–Kier alpha value is -1.02. The summed E-state index contributed by atoms with van der Waals surface area (Å²) in [4.78, 5) is 9.82. The lowest BCUT2D eigenvalue weighted by atomic mass is 9.84. The summed E-state index contributed by atoms with van der Waals surface area (Å²) in [6, 6.07) is 9.53. The van der Waals surface area contributed by atoms with Gasteiger partial charge in [0.05, 0.1) is 0 Å². The van der Waals surface area contributed by atoms with Gasteiger partial charge in [-0.15, -0.1) is 11.6 Å². The highest BCUT2D eigenvalue weighted by atomic mass is 35.5. The van der Waals surface area contributed by atoms with Crippen LogP contribution in [0.3, 0.4) is 0 Å². The minimum absolute atomic E-state index is 0.169. The van der Waals surface area contributed by atoms with Crippen molar-refractivity contribution in [3.05, 3.63) is 35.9 Å². The third-order valence-corrected chi connectivity index (χ3v) is 3.11. The minimum atomic E-state index is -1.24. The zero-order valence-corrected chi connectivity index (χ0v) is 9.66. The van der Waals surface area contributed by atoms with Crippen molar-refractivity contribution in [3.63, 3.8) is 0 Å². The van der Waals surface area contributed by atoms with Crippen molar-refractivity contribution in [1.82, 2.24) is 0 Å². The second-order valence-corrected chi connectivity index (χ2v) is 4.54. The van der Waals surface area contributed by atoms with Crippen LogP contribution < -0.4 is 0 Å². The maximum atomic E-state index is 11.1. The van der Waals surface area contributed by atoms with Crippen molar-refractivity contribution < 1.29 is 9.90 Å². The fourth-order valence-corrected chi connectivity index (χ4v) is 2.05. The van der Waals surface area contributed by atoms with Crippen LogP contribution in [0, 0.1) is 0 Å². The van der Waals surface area contributed by atoms with Crippen LogP contribution in [0.4, 0.5) is 0 Å². The van der Waals surface area contributed by atoms with Crippen molar-refractivity contribution >= 4 is 17.6 Å². The third kappa shape index (κ3) is 2.51. The summed E-state index contributed by atoms with van der Waals surface area (Å²) in [6.45, 7) is 3.50. The minimum Gasteiger partial charge on any atom is -0.480 e. The first kappa shape index (κ1) is 12.1. The molecule has 1 aromatic carbocycles. The van der Waals surface area contributed by atoms with Crippen molar-refractivity contribution in [1.29, 1.82) is 0 Å². The summed E-state index contributed by atoms with van der Waals surface area (Å²) in [5.74, 6) is -1.14. The van der Waals surface area contributed by atoms with Crippen LogP contribution in [-0.4, -0.2) is 16.0 Å². The van der Waals surface area contributed by atoms with Crippen molar-refractivity contribution in [2.75, 3.05) is 0 Å². The van der Waals surface area contributed by atoms with Crippen LogP contribution in [0.1, 0.15) is 31.7 Å². The predicted octanol–water partition coefficient (Wildman–Crippen LogP) is 3.26. The first-order valence-electron chi connectivity index (χ1n) is 4.97. The molecule has 0 spiro atoms. The molecule has 3 heteroatoms. The molecular weight excluding hydrogens is 212 g/mol. The van der Waals surface area contributed by atoms with E-state index in [9.17, 15) is 4.79 Å². The maximum Gasteiger partial charge on any atom is 0.325 e. The van der Waals surface area contributed by atoms with Crippen LogP contribution in [0.15, 0.2) is 30.3 Å². The van der Waals surface area contributed by atoms with E-state index in [1.165, 1.54) is 0 Å². The number of hydrogen-bond acceptors (Lipinski definition) is 1. The SMILES string of the molecule is CCC(c1ccccc1)C(C)(Cl)C(=O)O. The number of alkyl halides is 1. The Morgan fingerprint density at radius 3 is 2.40 bits per heavy atom. The molecule has 0 fully saturated rings. The molecule has 0 aliphatic carbocycles. The van der Waals surface area contributed by atoms with Crippen molar-refractivity contribution in [2.45, 2.75) is 31.1 Å². The van der Waals surface area contributed by atoms with Gasteiger partial charge in [-0.3, -0.25) is 4.79 Å². The third-order valence-electron chi connectivity index (χ3n) is 2.68. The van der Waals surface area contributed by atoms with Gasteiger partial charge in [-0.05, 0) is 18.9 Å². The number of aliphatic carboxylic acids is 1. The topological polar surface area (TPSA) is 37.3 Å². The van der Waals surface area contributed by atoms with E-state index in [0.717, 1.165) is 5.56 Å². The van der Waals surface area contributed by atoms with Gasteiger partial charge in [-0.25, -0.2) is 0 Å². The molecule has 2 unspecified atom stereocenters. The quantitative estimate of drug-likeness (QED) is 0.801. The van der Waals surface area contributed by atoms with Gasteiger partial charge in [0, 0.05) is 5.92 Å². The molecule has 0 saturated carbocycles. The Labute approximate surface area is 94.9 Å². The molecule has 2 nitrogen and oxygen atoms in total. The molecule has 0 saturated heterocycles. The highest BCUT2D eigenvalue weighted by molar-refractivity contribution is 6.34.